The van der Waals surface area contributed by atoms with E-state index in [2.05, 4.69) is 10.6 Å². The van der Waals surface area contributed by atoms with Crippen LogP contribution in [0.25, 0.3) is 0 Å². The maximum absolute atomic E-state index is 13.0. The molecule has 6 heteroatoms. The van der Waals surface area contributed by atoms with Gasteiger partial charge >= 0.3 is 0 Å². The van der Waals surface area contributed by atoms with Crippen molar-refractivity contribution in [2.45, 2.75) is 0 Å². The van der Waals surface area contributed by atoms with Crippen LogP contribution in [0.4, 0.5) is 15.8 Å². The first kappa shape index (κ1) is 14.5. The van der Waals surface area contributed by atoms with Crippen molar-refractivity contribution in [3.63, 3.8) is 0 Å². The summed E-state index contributed by atoms with van der Waals surface area (Å²) >= 11 is 0. The molecule has 0 saturated carbocycles. The third-order valence-corrected chi connectivity index (χ3v) is 2.73. The fourth-order valence-electron chi connectivity index (χ4n) is 1.71. The predicted octanol–water partition coefficient (Wildman–Crippen LogP) is 1.98. The fraction of sp³-hybridized carbons (Fsp3) is 0.0667. The Kier molecular flexibility index (Phi) is 4.50. The Morgan fingerprint density at radius 3 is 2.38 bits per heavy atom. The Balaban J connectivity index is 1.87. The topological polar surface area (TPSA) is 84.2 Å². The van der Waals surface area contributed by atoms with E-state index in [4.69, 9.17) is 5.73 Å². The summed E-state index contributed by atoms with van der Waals surface area (Å²) in [7, 11) is 0. The molecule has 2 aromatic rings. The number of nitrogens with one attached hydrogen (secondary N) is 2. The smallest absolute Gasteiger partial charge is 0.248 e. The molecular formula is C15H14FN3O2. The molecule has 0 unspecified atom stereocenters. The number of carbonyl (C=O) groups excluding carboxylic acids is 2. The summed E-state index contributed by atoms with van der Waals surface area (Å²) in [6.07, 6.45) is 0. The summed E-state index contributed by atoms with van der Waals surface area (Å²) in [6, 6.07) is 12.1. The van der Waals surface area contributed by atoms with Crippen LogP contribution in [0.15, 0.2) is 48.5 Å². The van der Waals surface area contributed by atoms with Gasteiger partial charge in [-0.1, -0.05) is 6.07 Å². The highest BCUT2D eigenvalue weighted by Crippen LogP contribution is 2.10. The molecule has 0 radical (unpaired) electrons. The Morgan fingerprint density at radius 2 is 1.76 bits per heavy atom. The van der Waals surface area contributed by atoms with Crippen LogP contribution in [-0.2, 0) is 4.79 Å². The minimum atomic E-state index is -0.509. The zero-order valence-corrected chi connectivity index (χ0v) is 11.1. The molecule has 108 valence electrons. The van der Waals surface area contributed by atoms with E-state index in [0.717, 1.165) is 0 Å². The second-order valence-electron chi connectivity index (χ2n) is 4.35. The number of carbonyl (C=O) groups is 2. The molecule has 0 saturated heterocycles. The lowest BCUT2D eigenvalue weighted by atomic mass is 10.2. The van der Waals surface area contributed by atoms with Gasteiger partial charge in [-0.15, -0.1) is 0 Å². The van der Waals surface area contributed by atoms with Crippen LogP contribution in [0, 0.1) is 5.82 Å². The zero-order valence-electron chi connectivity index (χ0n) is 11.1. The Labute approximate surface area is 121 Å². The zero-order chi connectivity index (χ0) is 15.2. The van der Waals surface area contributed by atoms with Crippen LogP contribution >= 0.6 is 0 Å². The van der Waals surface area contributed by atoms with E-state index in [1.54, 1.807) is 30.3 Å². The highest BCUT2D eigenvalue weighted by molar-refractivity contribution is 5.94. The second kappa shape index (κ2) is 6.51. The molecule has 0 atom stereocenters. The van der Waals surface area contributed by atoms with Crippen LogP contribution < -0.4 is 16.4 Å². The molecule has 0 spiro atoms. The largest absolute Gasteiger partial charge is 0.376 e. The monoisotopic (exact) mass is 287 g/mol. The van der Waals surface area contributed by atoms with Crippen molar-refractivity contribution in [2.75, 3.05) is 17.2 Å². The van der Waals surface area contributed by atoms with E-state index in [0.29, 0.717) is 16.9 Å². The van der Waals surface area contributed by atoms with Crippen molar-refractivity contribution in [1.82, 2.24) is 0 Å². The Bertz CT molecular complexity index is 656. The normalized spacial score (nSPS) is 9.95. The summed E-state index contributed by atoms with van der Waals surface area (Å²) in [5.74, 6) is -1.23. The van der Waals surface area contributed by atoms with Gasteiger partial charge in [0.2, 0.25) is 11.8 Å². The maximum Gasteiger partial charge on any atom is 0.248 e. The maximum atomic E-state index is 13.0. The van der Waals surface area contributed by atoms with Gasteiger partial charge in [0.05, 0.1) is 6.54 Å². The predicted molar refractivity (Wildman–Crippen MR) is 78.5 cm³/mol. The van der Waals surface area contributed by atoms with Gasteiger partial charge in [0, 0.05) is 16.9 Å². The number of rotatable bonds is 5. The first-order valence-corrected chi connectivity index (χ1v) is 6.24. The molecular weight excluding hydrogens is 273 g/mol. The molecule has 0 fully saturated rings. The van der Waals surface area contributed by atoms with Crippen molar-refractivity contribution in [2.24, 2.45) is 5.73 Å². The lowest BCUT2D eigenvalue weighted by Crippen LogP contribution is -2.21. The minimum Gasteiger partial charge on any atom is -0.376 e. The third-order valence-electron chi connectivity index (χ3n) is 2.73. The summed E-state index contributed by atoms with van der Waals surface area (Å²) in [5, 5.41) is 5.45. The number of benzene rings is 2. The molecule has 0 aliphatic heterocycles. The molecule has 4 N–H and O–H groups in total. The number of amides is 2. The van der Waals surface area contributed by atoms with Crippen molar-refractivity contribution < 1.29 is 14.0 Å². The average Bonchev–Trinajstić information content (AvgIpc) is 2.45. The van der Waals surface area contributed by atoms with Crippen LogP contribution in [0.2, 0.25) is 0 Å². The summed E-state index contributed by atoms with van der Waals surface area (Å²) in [6.45, 7) is 0.0203. The number of hydrogen-bond donors (Lipinski definition) is 3. The highest BCUT2D eigenvalue weighted by Gasteiger charge is 2.04. The number of primary amides is 1. The quantitative estimate of drug-likeness (QED) is 0.786. The van der Waals surface area contributed by atoms with Gasteiger partial charge in [-0.05, 0) is 42.5 Å². The molecule has 5 nitrogen and oxygen atoms in total. The number of halogens is 1. The van der Waals surface area contributed by atoms with Crippen LogP contribution in [0.5, 0.6) is 0 Å². The molecule has 2 aromatic carbocycles. The van der Waals surface area contributed by atoms with Gasteiger partial charge in [0.25, 0.3) is 0 Å². The third kappa shape index (κ3) is 4.31. The molecule has 21 heavy (non-hydrogen) atoms. The Morgan fingerprint density at radius 1 is 1.05 bits per heavy atom. The van der Waals surface area contributed by atoms with Gasteiger partial charge in [0.1, 0.15) is 5.82 Å². The standard InChI is InChI=1S/C15H14FN3O2/c16-11-2-1-3-13(8-11)19-14(20)9-18-12-6-4-10(5-7-12)15(17)21/h1-8,18H,9H2,(H2,17,21)(H,19,20). The first-order chi connectivity index (χ1) is 10.0. The van der Waals surface area contributed by atoms with Gasteiger partial charge in [-0.25, -0.2) is 4.39 Å². The van der Waals surface area contributed by atoms with Crippen LogP contribution in [-0.4, -0.2) is 18.4 Å². The molecule has 2 rings (SSSR count). The number of anilines is 2. The van der Waals surface area contributed by atoms with Crippen molar-refractivity contribution >= 4 is 23.2 Å². The lowest BCUT2D eigenvalue weighted by molar-refractivity contribution is -0.114. The first-order valence-electron chi connectivity index (χ1n) is 6.24. The van der Waals surface area contributed by atoms with Crippen molar-refractivity contribution in [1.29, 1.82) is 0 Å². The summed E-state index contributed by atoms with van der Waals surface area (Å²) in [5.41, 5.74) is 6.59. The fourth-order valence-corrected chi connectivity index (χ4v) is 1.71. The number of nitrogens with two attached hydrogens (primary N) is 1. The van der Waals surface area contributed by atoms with E-state index < -0.39 is 11.7 Å². The lowest BCUT2D eigenvalue weighted by Gasteiger charge is -2.08. The SMILES string of the molecule is NC(=O)c1ccc(NCC(=O)Nc2cccc(F)c2)cc1. The summed E-state index contributed by atoms with van der Waals surface area (Å²) < 4.78 is 13.0. The molecule has 0 aliphatic carbocycles. The van der Waals surface area contributed by atoms with Crippen molar-refractivity contribution in [3.05, 3.63) is 59.9 Å². The van der Waals surface area contributed by atoms with E-state index >= 15 is 0 Å². The molecule has 0 heterocycles. The molecule has 0 aromatic heterocycles. The van der Waals surface area contributed by atoms with Gasteiger partial charge in [-0.3, -0.25) is 9.59 Å². The minimum absolute atomic E-state index is 0.0203. The van der Waals surface area contributed by atoms with Crippen molar-refractivity contribution in [3.8, 4) is 0 Å². The summed E-state index contributed by atoms with van der Waals surface area (Å²) in [4.78, 5) is 22.6. The Hall–Kier alpha value is -2.89. The molecule has 2 amide bonds. The van der Waals surface area contributed by atoms with E-state index in [1.165, 1.54) is 18.2 Å². The van der Waals surface area contributed by atoms with Gasteiger partial charge in [0.15, 0.2) is 0 Å². The van der Waals surface area contributed by atoms with Gasteiger partial charge < -0.3 is 16.4 Å². The molecule has 0 bridgehead atoms. The van der Waals surface area contributed by atoms with Crippen LogP contribution in [0.3, 0.4) is 0 Å². The average molecular weight is 287 g/mol. The number of hydrogen-bond acceptors (Lipinski definition) is 3. The van der Waals surface area contributed by atoms with E-state index in [1.807, 2.05) is 0 Å². The van der Waals surface area contributed by atoms with E-state index in [9.17, 15) is 14.0 Å². The van der Waals surface area contributed by atoms with E-state index in [-0.39, 0.29) is 12.5 Å². The molecule has 0 aliphatic rings. The van der Waals surface area contributed by atoms with Crippen LogP contribution in [0.1, 0.15) is 10.4 Å². The van der Waals surface area contributed by atoms with Gasteiger partial charge in [-0.2, -0.15) is 0 Å². The second-order valence-corrected chi connectivity index (χ2v) is 4.35. The highest BCUT2D eigenvalue weighted by atomic mass is 19.1.